The summed E-state index contributed by atoms with van der Waals surface area (Å²) >= 11 is 0. The van der Waals surface area contributed by atoms with Gasteiger partial charge in [0, 0.05) is 26.2 Å². The van der Waals surface area contributed by atoms with Crippen LogP contribution in [0.3, 0.4) is 0 Å². The molecule has 0 bridgehead atoms. The molecule has 1 aromatic carbocycles. The van der Waals surface area contributed by atoms with Gasteiger partial charge in [0.25, 0.3) is 0 Å². The molecule has 8 heteroatoms. The SMILES string of the molecule is CN1CCN(S(=O)(=O)c2ccc3c(c2)CCCS3(=O)=O)CC1. The molecule has 0 radical (unpaired) electrons. The van der Waals surface area contributed by atoms with Crippen LogP contribution in [-0.4, -0.2) is 65.0 Å². The Morgan fingerprint density at radius 3 is 2.45 bits per heavy atom. The zero-order valence-corrected chi connectivity index (χ0v) is 14.2. The van der Waals surface area contributed by atoms with E-state index in [9.17, 15) is 16.8 Å². The average Bonchev–Trinajstić information content (AvgIpc) is 2.47. The van der Waals surface area contributed by atoms with E-state index in [0.29, 0.717) is 44.6 Å². The standard InChI is InChI=1S/C14H20N2O4S2/c1-15-6-8-16(9-7-15)22(19,20)13-4-5-14-12(11-13)3-2-10-21(14,17)18/h4-5,11H,2-3,6-10H2,1H3. The molecule has 0 N–H and O–H groups in total. The van der Waals surface area contributed by atoms with Crippen molar-refractivity contribution in [3.63, 3.8) is 0 Å². The third-order valence-electron chi connectivity index (χ3n) is 4.33. The molecule has 2 heterocycles. The monoisotopic (exact) mass is 344 g/mol. The van der Waals surface area contributed by atoms with Gasteiger partial charge in [-0.1, -0.05) is 0 Å². The van der Waals surface area contributed by atoms with E-state index < -0.39 is 19.9 Å². The molecular formula is C14H20N2O4S2. The molecule has 0 aromatic heterocycles. The summed E-state index contributed by atoms with van der Waals surface area (Å²) in [5.41, 5.74) is 0.626. The van der Waals surface area contributed by atoms with E-state index in [4.69, 9.17) is 0 Å². The van der Waals surface area contributed by atoms with E-state index in [1.54, 1.807) is 6.07 Å². The van der Waals surface area contributed by atoms with Crippen LogP contribution >= 0.6 is 0 Å². The van der Waals surface area contributed by atoms with Crippen molar-refractivity contribution in [1.29, 1.82) is 0 Å². The Bertz CT molecular complexity index is 779. The first kappa shape index (κ1) is 15.9. The maximum absolute atomic E-state index is 12.7. The summed E-state index contributed by atoms with van der Waals surface area (Å²) in [6.07, 6.45) is 1.16. The number of fused-ring (bicyclic) bond motifs is 1. The topological polar surface area (TPSA) is 74.8 Å². The lowest BCUT2D eigenvalue weighted by molar-refractivity contribution is 0.222. The molecule has 3 rings (SSSR count). The molecule has 1 fully saturated rings. The Morgan fingerprint density at radius 2 is 1.77 bits per heavy atom. The average molecular weight is 344 g/mol. The number of hydrogen-bond donors (Lipinski definition) is 0. The van der Waals surface area contributed by atoms with Crippen LogP contribution in [0.1, 0.15) is 12.0 Å². The van der Waals surface area contributed by atoms with Gasteiger partial charge in [0.1, 0.15) is 0 Å². The number of sulfonamides is 1. The van der Waals surface area contributed by atoms with Crippen LogP contribution < -0.4 is 0 Å². The van der Waals surface area contributed by atoms with E-state index >= 15 is 0 Å². The molecule has 0 atom stereocenters. The molecule has 0 aliphatic carbocycles. The number of benzene rings is 1. The molecule has 0 spiro atoms. The fraction of sp³-hybridized carbons (Fsp3) is 0.571. The smallest absolute Gasteiger partial charge is 0.243 e. The summed E-state index contributed by atoms with van der Waals surface area (Å²) in [6.45, 7) is 2.35. The van der Waals surface area contributed by atoms with Crippen molar-refractivity contribution >= 4 is 19.9 Å². The highest BCUT2D eigenvalue weighted by molar-refractivity contribution is 7.91. The van der Waals surface area contributed by atoms with Crippen LogP contribution in [0.5, 0.6) is 0 Å². The molecule has 2 aliphatic heterocycles. The highest BCUT2D eigenvalue weighted by Gasteiger charge is 2.30. The first-order valence-corrected chi connectivity index (χ1v) is 10.4. The van der Waals surface area contributed by atoms with Crippen molar-refractivity contribution in [2.75, 3.05) is 39.0 Å². The van der Waals surface area contributed by atoms with E-state index in [1.807, 2.05) is 7.05 Å². The van der Waals surface area contributed by atoms with E-state index in [1.165, 1.54) is 16.4 Å². The lowest BCUT2D eigenvalue weighted by Crippen LogP contribution is -2.47. The minimum atomic E-state index is -3.54. The molecule has 6 nitrogen and oxygen atoms in total. The second-order valence-electron chi connectivity index (χ2n) is 5.90. The van der Waals surface area contributed by atoms with Gasteiger partial charge in [-0.15, -0.1) is 0 Å². The van der Waals surface area contributed by atoms with E-state index in [2.05, 4.69) is 4.90 Å². The highest BCUT2D eigenvalue weighted by Crippen LogP contribution is 2.28. The lowest BCUT2D eigenvalue weighted by atomic mass is 10.1. The number of rotatable bonds is 2. The van der Waals surface area contributed by atoms with Crippen molar-refractivity contribution in [3.05, 3.63) is 23.8 Å². The maximum atomic E-state index is 12.7. The molecular weight excluding hydrogens is 324 g/mol. The summed E-state index contributed by atoms with van der Waals surface area (Å²) in [6, 6.07) is 4.42. The molecule has 122 valence electrons. The summed E-state index contributed by atoms with van der Waals surface area (Å²) in [5.74, 6) is 0.143. The quantitative estimate of drug-likeness (QED) is 0.773. The van der Waals surface area contributed by atoms with Gasteiger partial charge >= 0.3 is 0 Å². The van der Waals surface area contributed by atoms with Gasteiger partial charge in [0.05, 0.1) is 15.5 Å². The van der Waals surface area contributed by atoms with Crippen molar-refractivity contribution < 1.29 is 16.8 Å². The maximum Gasteiger partial charge on any atom is 0.243 e. The Balaban J connectivity index is 1.95. The number of piperazine rings is 1. The van der Waals surface area contributed by atoms with Crippen LogP contribution in [-0.2, 0) is 26.3 Å². The number of sulfone groups is 1. The van der Waals surface area contributed by atoms with E-state index in [0.717, 1.165) is 0 Å². The predicted molar refractivity (Wildman–Crippen MR) is 83.1 cm³/mol. The van der Waals surface area contributed by atoms with Gasteiger partial charge < -0.3 is 4.90 Å². The second kappa shape index (κ2) is 5.59. The van der Waals surface area contributed by atoms with Gasteiger partial charge in [-0.3, -0.25) is 0 Å². The molecule has 0 saturated carbocycles. The Labute approximate surface area is 131 Å². The fourth-order valence-corrected chi connectivity index (χ4v) is 6.01. The molecule has 0 amide bonds. The zero-order valence-electron chi connectivity index (χ0n) is 12.5. The molecule has 2 aliphatic rings. The summed E-state index contributed by atoms with van der Waals surface area (Å²) in [5, 5.41) is 0. The highest BCUT2D eigenvalue weighted by atomic mass is 32.2. The summed E-state index contributed by atoms with van der Waals surface area (Å²) < 4.78 is 50.9. The van der Waals surface area contributed by atoms with Crippen molar-refractivity contribution in [2.45, 2.75) is 22.6 Å². The van der Waals surface area contributed by atoms with E-state index in [-0.39, 0.29) is 15.5 Å². The third kappa shape index (κ3) is 2.80. The van der Waals surface area contributed by atoms with Crippen LogP contribution in [0.25, 0.3) is 0 Å². The second-order valence-corrected chi connectivity index (χ2v) is 9.91. The molecule has 1 aromatic rings. The Kier molecular flexibility index (Phi) is 4.05. The van der Waals surface area contributed by atoms with Crippen LogP contribution in [0, 0.1) is 0 Å². The number of aryl methyl sites for hydroxylation is 1. The predicted octanol–water partition coefficient (Wildman–Crippen LogP) is 0.343. The van der Waals surface area contributed by atoms with Gasteiger partial charge in [-0.05, 0) is 43.7 Å². The largest absolute Gasteiger partial charge is 0.304 e. The third-order valence-corrected chi connectivity index (χ3v) is 8.12. The Morgan fingerprint density at radius 1 is 1.09 bits per heavy atom. The number of nitrogens with zero attached hydrogens (tertiary/aromatic N) is 2. The minimum absolute atomic E-state index is 0.143. The zero-order chi connectivity index (χ0) is 16.0. The number of likely N-dealkylation sites (N-methyl/N-ethyl adjacent to an activating group) is 1. The van der Waals surface area contributed by atoms with Crippen LogP contribution in [0.4, 0.5) is 0 Å². The van der Waals surface area contributed by atoms with Crippen molar-refractivity contribution in [3.8, 4) is 0 Å². The van der Waals surface area contributed by atoms with Gasteiger partial charge in [0.15, 0.2) is 9.84 Å². The molecule has 0 unspecified atom stereocenters. The van der Waals surface area contributed by atoms with Gasteiger partial charge in [-0.25, -0.2) is 16.8 Å². The molecule has 22 heavy (non-hydrogen) atoms. The Hall–Kier alpha value is -0.960. The van der Waals surface area contributed by atoms with Crippen LogP contribution in [0.2, 0.25) is 0 Å². The van der Waals surface area contributed by atoms with Gasteiger partial charge in [-0.2, -0.15) is 4.31 Å². The van der Waals surface area contributed by atoms with Crippen LogP contribution in [0.15, 0.2) is 28.0 Å². The summed E-state index contributed by atoms with van der Waals surface area (Å²) in [7, 11) is -4.83. The molecule has 1 saturated heterocycles. The van der Waals surface area contributed by atoms with Crippen molar-refractivity contribution in [1.82, 2.24) is 9.21 Å². The normalized spacial score (nSPS) is 23.1. The first-order chi connectivity index (χ1) is 10.3. The minimum Gasteiger partial charge on any atom is -0.304 e. The fourth-order valence-electron chi connectivity index (χ4n) is 2.96. The summed E-state index contributed by atoms with van der Waals surface area (Å²) in [4.78, 5) is 2.58. The lowest BCUT2D eigenvalue weighted by Gasteiger charge is -2.31. The van der Waals surface area contributed by atoms with Gasteiger partial charge in [0.2, 0.25) is 10.0 Å². The first-order valence-electron chi connectivity index (χ1n) is 7.35. The number of hydrogen-bond acceptors (Lipinski definition) is 5. The van der Waals surface area contributed by atoms with Crippen molar-refractivity contribution in [2.24, 2.45) is 0 Å².